The molecule has 0 unspecified atom stereocenters. The van der Waals surface area contributed by atoms with Crippen molar-refractivity contribution in [3.63, 3.8) is 0 Å². The van der Waals surface area contributed by atoms with Crippen LogP contribution in [0, 0.1) is 10.1 Å². The van der Waals surface area contributed by atoms with Crippen molar-refractivity contribution in [1.29, 1.82) is 0 Å². The van der Waals surface area contributed by atoms with Gasteiger partial charge in [0.2, 0.25) is 5.91 Å². The molecular weight excluding hydrogens is 366 g/mol. The largest absolute Gasteiger partial charge is 0.494 e. The summed E-state index contributed by atoms with van der Waals surface area (Å²) >= 11 is 0. The number of amides is 3. The number of hydrogen-bond acceptors (Lipinski definition) is 6. The zero-order chi connectivity index (χ0) is 20.3. The Bertz CT molecular complexity index is 937. The van der Waals surface area contributed by atoms with Gasteiger partial charge in [-0.2, -0.15) is 0 Å². The molecule has 144 valence electrons. The van der Waals surface area contributed by atoms with Crippen molar-refractivity contribution in [3.05, 3.63) is 63.7 Å². The van der Waals surface area contributed by atoms with Gasteiger partial charge in [0.25, 0.3) is 17.5 Å². The zero-order valence-electron chi connectivity index (χ0n) is 15.0. The van der Waals surface area contributed by atoms with Gasteiger partial charge in [0, 0.05) is 19.0 Å². The first-order chi connectivity index (χ1) is 13.4. The van der Waals surface area contributed by atoms with E-state index in [9.17, 15) is 24.5 Å². The van der Waals surface area contributed by atoms with E-state index in [0.29, 0.717) is 16.8 Å². The Kier molecular flexibility index (Phi) is 5.35. The van der Waals surface area contributed by atoms with Gasteiger partial charge in [0.15, 0.2) is 0 Å². The van der Waals surface area contributed by atoms with Crippen LogP contribution < -0.4 is 10.1 Å². The molecule has 1 aliphatic heterocycles. The minimum Gasteiger partial charge on any atom is -0.494 e. The third-order valence-corrected chi connectivity index (χ3v) is 4.33. The summed E-state index contributed by atoms with van der Waals surface area (Å²) in [5, 5.41) is 13.4. The molecule has 0 saturated carbocycles. The van der Waals surface area contributed by atoms with E-state index in [1.807, 2.05) is 0 Å². The molecule has 0 fully saturated rings. The van der Waals surface area contributed by atoms with Crippen LogP contribution in [0.2, 0.25) is 0 Å². The van der Waals surface area contributed by atoms with Crippen molar-refractivity contribution >= 4 is 29.1 Å². The van der Waals surface area contributed by atoms with E-state index in [0.717, 1.165) is 4.90 Å². The average Bonchev–Trinajstić information content (AvgIpc) is 2.93. The Morgan fingerprint density at radius 3 is 2.36 bits per heavy atom. The van der Waals surface area contributed by atoms with E-state index in [1.165, 1.54) is 25.3 Å². The zero-order valence-corrected chi connectivity index (χ0v) is 15.0. The van der Waals surface area contributed by atoms with Gasteiger partial charge < -0.3 is 10.1 Å². The van der Waals surface area contributed by atoms with E-state index < -0.39 is 4.92 Å². The molecule has 0 aromatic heterocycles. The number of carbonyl (C=O) groups is 3. The Hall–Kier alpha value is -3.75. The third kappa shape index (κ3) is 3.68. The summed E-state index contributed by atoms with van der Waals surface area (Å²) in [5.74, 6) is -0.914. The number of methoxy groups -OCH3 is 1. The molecule has 1 heterocycles. The topological polar surface area (TPSA) is 119 Å². The minimum atomic E-state index is -0.559. The second-order valence-electron chi connectivity index (χ2n) is 6.10. The van der Waals surface area contributed by atoms with Crippen LogP contribution in [-0.4, -0.2) is 41.2 Å². The highest BCUT2D eigenvalue weighted by molar-refractivity contribution is 6.21. The van der Waals surface area contributed by atoms with Crippen molar-refractivity contribution in [3.8, 4) is 5.75 Å². The van der Waals surface area contributed by atoms with Crippen LogP contribution in [0.4, 0.5) is 11.4 Å². The number of non-ortho nitro benzene ring substituents is 1. The normalized spacial score (nSPS) is 12.7. The molecular formula is C19H17N3O6. The Morgan fingerprint density at radius 1 is 1.14 bits per heavy atom. The SMILES string of the molecule is COc1cc([N+](=O)[O-])ccc1NC(=O)CCCN1C(=O)c2ccccc2C1=O. The van der Waals surface area contributed by atoms with Gasteiger partial charge in [0.05, 0.1) is 34.9 Å². The fourth-order valence-corrected chi connectivity index (χ4v) is 2.95. The molecule has 1 aliphatic rings. The number of nitro groups is 1. The summed E-state index contributed by atoms with van der Waals surface area (Å²) < 4.78 is 5.07. The fourth-order valence-electron chi connectivity index (χ4n) is 2.95. The number of hydrogen-bond donors (Lipinski definition) is 1. The molecule has 3 rings (SSSR count). The van der Waals surface area contributed by atoms with Gasteiger partial charge >= 0.3 is 0 Å². The first kappa shape index (κ1) is 19.0. The van der Waals surface area contributed by atoms with E-state index in [4.69, 9.17) is 4.74 Å². The molecule has 0 saturated heterocycles. The summed E-state index contributed by atoms with van der Waals surface area (Å²) in [6, 6.07) is 10.5. The second kappa shape index (κ2) is 7.87. The fraction of sp³-hybridized carbons (Fsp3) is 0.211. The summed E-state index contributed by atoms with van der Waals surface area (Å²) in [4.78, 5) is 48.1. The van der Waals surface area contributed by atoms with Crippen LogP contribution in [-0.2, 0) is 4.79 Å². The standard InChI is InChI=1S/C19H17N3O6/c1-28-16-11-12(22(26)27)8-9-15(16)20-17(23)7-4-10-21-18(24)13-5-2-3-6-14(13)19(21)25/h2-3,5-6,8-9,11H,4,7,10H2,1H3,(H,20,23). The summed E-state index contributed by atoms with van der Waals surface area (Å²) in [6.45, 7) is 0.122. The van der Waals surface area contributed by atoms with Gasteiger partial charge in [0.1, 0.15) is 5.75 Å². The van der Waals surface area contributed by atoms with Crippen LogP contribution in [0.1, 0.15) is 33.6 Å². The van der Waals surface area contributed by atoms with Crippen molar-refractivity contribution in [2.45, 2.75) is 12.8 Å². The molecule has 0 bridgehead atoms. The molecule has 0 atom stereocenters. The quantitative estimate of drug-likeness (QED) is 0.446. The number of nitrogens with zero attached hydrogens (tertiary/aromatic N) is 2. The Labute approximate surface area is 160 Å². The Balaban J connectivity index is 1.57. The Morgan fingerprint density at radius 2 is 1.79 bits per heavy atom. The van der Waals surface area contributed by atoms with E-state index in [1.54, 1.807) is 24.3 Å². The van der Waals surface area contributed by atoms with Crippen molar-refractivity contribution in [2.24, 2.45) is 0 Å². The monoisotopic (exact) mass is 383 g/mol. The maximum atomic E-state index is 12.3. The van der Waals surface area contributed by atoms with Crippen molar-refractivity contribution in [2.75, 3.05) is 19.0 Å². The minimum absolute atomic E-state index is 0.0630. The van der Waals surface area contributed by atoms with E-state index in [2.05, 4.69) is 5.32 Å². The molecule has 1 N–H and O–H groups in total. The molecule has 2 aromatic carbocycles. The van der Waals surface area contributed by atoms with Crippen molar-refractivity contribution in [1.82, 2.24) is 4.90 Å². The molecule has 2 aromatic rings. The highest BCUT2D eigenvalue weighted by Crippen LogP contribution is 2.29. The molecule has 9 heteroatoms. The maximum absolute atomic E-state index is 12.3. The number of fused-ring (bicyclic) bond motifs is 1. The number of benzene rings is 2. The van der Waals surface area contributed by atoms with Crippen LogP contribution in [0.15, 0.2) is 42.5 Å². The van der Waals surface area contributed by atoms with Crippen LogP contribution in [0.5, 0.6) is 5.75 Å². The van der Waals surface area contributed by atoms with E-state index >= 15 is 0 Å². The predicted molar refractivity (Wildman–Crippen MR) is 99.3 cm³/mol. The molecule has 0 aliphatic carbocycles. The highest BCUT2D eigenvalue weighted by atomic mass is 16.6. The number of carbonyl (C=O) groups excluding carboxylic acids is 3. The second-order valence-corrected chi connectivity index (χ2v) is 6.10. The van der Waals surface area contributed by atoms with Gasteiger partial charge in [-0.25, -0.2) is 0 Å². The molecule has 0 spiro atoms. The summed E-state index contributed by atoms with van der Waals surface area (Å²) in [7, 11) is 1.34. The van der Waals surface area contributed by atoms with Crippen LogP contribution >= 0.6 is 0 Å². The smallest absolute Gasteiger partial charge is 0.273 e. The summed E-state index contributed by atoms with van der Waals surface area (Å²) in [5.41, 5.74) is 0.888. The molecule has 0 radical (unpaired) electrons. The first-order valence-electron chi connectivity index (χ1n) is 8.50. The van der Waals surface area contributed by atoms with E-state index in [-0.39, 0.29) is 48.5 Å². The first-order valence-corrected chi connectivity index (χ1v) is 8.50. The van der Waals surface area contributed by atoms with Crippen LogP contribution in [0.25, 0.3) is 0 Å². The maximum Gasteiger partial charge on any atom is 0.273 e. The number of anilines is 1. The van der Waals surface area contributed by atoms with Gasteiger partial charge in [-0.05, 0) is 24.6 Å². The van der Waals surface area contributed by atoms with Gasteiger partial charge in [-0.3, -0.25) is 29.4 Å². The predicted octanol–water partition coefficient (Wildman–Crippen LogP) is 2.62. The average molecular weight is 383 g/mol. The molecule has 9 nitrogen and oxygen atoms in total. The van der Waals surface area contributed by atoms with Gasteiger partial charge in [-0.1, -0.05) is 12.1 Å². The number of imide groups is 1. The number of rotatable bonds is 7. The van der Waals surface area contributed by atoms with Crippen molar-refractivity contribution < 1.29 is 24.0 Å². The lowest BCUT2D eigenvalue weighted by molar-refractivity contribution is -0.384. The van der Waals surface area contributed by atoms with Crippen LogP contribution in [0.3, 0.4) is 0 Å². The lowest BCUT2D eigenvalue weighted by atomic mass is 10.1. The molecule has 3 amide bonds. The molecule has 28 heavy (non-hydrogen) atoms. The summed E-state index contributed by atoms with van der Waals surface area (Å²) in [6.07, 6.45) is 0.347. The van der Waals surface area contributed by atoms with Gasteiger partial charge in [-0.15, -0.1) is 0 Å². The lowest BCUT2D eigenvalue weighted by Crippen LogP contribution is -2.31. The number of nitrogens with one attached hydrogen (secondary N) is 1. The lowest BCUT2D eigenvalue weighted by Gasteiger charge is -2.14. The number of nitro benzene ring substituents is 1. The number of ether oxygens (including phenoxy) is 1. The highest BCUT2D eigenvalue weighted by Gasteiger charge is 2.34. The third-order valence-electron chi connectivity index (χ3n) is 4.33.